The van der Waals surface area contributed by atoms with Crippen molar-refractivity contribution in [2.75, 3.05) is 5.73 Å². The molecule has 0 radical (unpaired) electrons. The summed E-state index contributed by atoms with van der Waals surface area (Å²) in [6.07, 6.45) is 6.88. The minimum atomic E-state index is -0.0668. The van der Waals surface area contributed by atoms with Gasteiger partial charge in [-0.15, -0.1) is 21.5 Å². The molecule has 0 fully saturated rings. The Morgan fingerprint density at radius 3 is 2.83 bits per heavy atom. The van der Waals surface area contributed by atoms with Crippen molar-refractivity contribution in [3.63, 3.8) is 0 Å². The lowest BCUT2D eigenvalue weighted by molar-refractivity contribution is 0.420. The van der Waals surface area contributed by atoms with Gasteiger partial charge in [0.15, 0.2) is 0 Å². The Labute approximate surface area is 177 Å². The molecular formula is C22H18N6OS. The molecule has 1 aliphatic carbocycles. The van der Waals surface area contributed by atoms with E-state index >= 15 is 0 Å². The maximum Gasteiger partial charge on any atom is 0.224 e. The standard InChI is InChI=1S/C22H18N6OS/c23-11-15-20-14(4-3-6-18(20)30-21(15)24)22-28-27-19(29-22)10-13-7-8-17(26-12-13)16-5-1-2-9-25-16/h1-2,5,7-9,12,14H,3-4,6,10,24H2. The second-order valence-corrected chi connectivity index (χ2v) is 8.35. The monoisotopic (exact) mass is 414 g/mol. The summed E-state index contributed by atoms with van der Waals surface area (Å²) < 4.78 is 6.00. The maximum absolute atomic E-state index is 9.53. The van der Waals surface area contributed by atoms with Crippen LogP contribution in [0.5, 0.6) is 0 Å². The number of nitrogens with zero attached hydrogens (tertiary/aromatic N) is 5. The van der Waals surface area contributed by atoms with Crippen molar-refractivity contribution < 1.29 is 4.42 Å². The highest BCUT2D eigenvalue weighted by atomic mass is 32.1. The van der Waals surface area contributed by atoms with Gasteiger partial charge in [0.25, 0.3) is 0 Å². The zero-order valence-electron chi connectivity index (χ0n) is 16.1. The fraction of sp³-hybridized carbons (Fsp3) is 0.227. The number of hydrogen-bond donors (Lipinski definition) is 1. The van der Waals surface area contributed by atoms with Gasteiger partial charge in [-0.1, -0.05) is 12.1 Å². The van der Waals surface area contributed by atoms with Crippen molar-refractivity contribution in [2.45, 2.75) is 31.6 Å². The molecule has 4 aromatic heterocycles. The van der Waals surface area contributed by atoms with Gasteiger partial charge in [-0.25, -0.2) is 0 Å². The van der Waals surface area contributed by atoms with Crippen LogP contribution in [0.2, 0.25) is 0 Å². The van der Waals surface area contributed by atoms with E-state index in [0.717, 1.165) is 46.7 Å². The summed E-state index contributed by atoms with van der Waals surface area (Å²) in [6, 6.07) is 11.9. The van der Waals surface area contributed by atoms with E-state index in [1.165, 1.54) is 11.3 Å². The minimum absolute atomic E-state index is 0.0668. The van der Waals surface area contributed by atoms with E-state index in [1.807, 2.05) is 30.3 Å². The molecule has 0 aromatic carbocycles. The molecule has 148 valence electrons. The Kier molecular flexibility index (Phi) is 4.73. The van der Waals surface area contributed by atoms with Gasteiger partial charge in [0.1, 0.15) is 11.1 Å². The highest BCUT2D eigenvalue weighted by molar-refractivity contribution is 7.16. The van der Waals surface area contributed by atoms with Crippen LogP contribution in [0.1, 0.15) is 52.1 Å². The predicted molar refractivity (Wildman–Crippen MR) is 113 cm³/mol. The van der Waals surface area contributed by atoms with E-state index in [2.05, 4.69) is 26.2 Å². The number of anilines is 1. The summed E-state index contributed by atoms with van der Waals surface area (Å²) >= 11 is 1.50. The second-order valence-electron chi connectivity index (χ2n) is 7.21. The van der Waals surface area contributed by atoms with Gasteiger partial charge < -0.3 is 10.2 Å². The number of pyridine rings is 2. The van der Waals surface area contributed by atoms with Crippen molar-refractivity contribution in [1.82, 2.24) is 20.2 Å². The number of hydrogen-bond acceptors (Lipinski definition) is 8. The molecule has 1 atom stereocenters. The maximum atomic E-state index is 9.53. The van der Waals surface area contributed by atoms with Crippen LogP contribution in [0.4, 0.5) is 5.00 Å². The van der Waals surface area contributed by atoms with Gasteiger partial charge in [-0.3, -0.25) is 9.97 Å². The van der Waals surface area contributed by atoms with Crippen LogP contribution in [0, 0.1) is 11.3 Å². The second kappa shape index (κ2) is 7.69. The molecule has 5 rings (SSSR count). The van der Waals surface area contributed by atoms with E-state index in [4.69, 9.17) is 10.2 Å². The van der Waals surface area contributed by atoms with Gasteiger partial charge in [-0.05, 0) is 48.6 Å². The first-order chi connectivity index (χ1) is 14.7. The van der Waals surface area contributed by atoms with E-state index in [1.54, 1.807) is 12.4 Å². The third-order valence-electron chi connectivity index (χ3n) is 5.29. The van der Waals surface area contributed by atoms with Crippen LogP contribution in [-0.4, -0.2) is 20.2 Å². The third-order valence-corrected chi connectivity index (χ3v) is 6.39. The van der Waals surface area contributed by atoms with Gasteiger partial charge in [0.2, 0.25) is 11.8 Å². The van der Waals surface area contributed by atoms with Crippen molar-refractivity contribution >= 4 is 16.3 Å². The molecule has 0 aliphatic heterocycles. The van der Waals surface area contributed by atoms with Crippen LogP contribution in [0.15, 0.2) is 47.1 Å². The van der Waals surface area contributed by atoms with Gasteiger partial charge in [-0.2, -0.15) is 5.26 Å². The molecule has 7 nitrogen and oxygen atoms in total. The molecule has 0 saturated heterocycles. The van der Waals surface area contributed by atoms with Gasteiger partial charge in [0.05, 0.1) is 29.3 Å². The average Bonchev–Trinajstić information content (AvgIpc) is 3.38. The summed E-state index contributed by atoms with van der Waals surface area (Å²) in [6.45, 7) is 0. The first-order valence-electron chi connectivity index (χ1n) is 9.72. The Hall–Kier alpha value is -3.57. The molecular weight excluding hydrogens is 396 g/mol. The number of fused-ring (bicyclic) bond motifs is 1. The van der Waals surface area contributed by atoms with E-state index in [0.29, 0.717) is 28.8 Å². The highest BCUT2D eigenvalue weighted by Gasteiger charge is 2.32. The zero-order chi connectivity index (χ0) is 20.5. The Bertz CT molecular complexity index is 1220. The van der Waals surface area contributed by atoms with Gasteiger partial charge >= 0.3 is 0 Å². The lowest BCUT2D eigenvalue weighted by Crippen LogP contribution is -2.10. The lowest BCUT2D eigenvalue weighted by atomic mass is 9.85. The van der Waals surface area contributed by atoms with Crippen LogP contribution in [-0.2, 0) is 12.8 Å². The number of nitriles is 1. The Morgan fingerprint density at radius 2 is 2.07 bits per heavy atom. The molecule has 4 heterocycles. The largest absolute Gasteiger partial charge is 0.424 e. The Balaban J connectivity index is 1.37. The van der Waals surface area contributed by atoms with Gasteiger partial charge in [0, 0.05) is 17.3 Å². The molecule has 0 amide bonds. The summed E-state index contributed by atoms with van der Waals surface area (Å²) in [5.41, 5.74) is 10.2. The SMILES string of the molecule is N#Cc1c(N)sc2c1C(c1nnc(Cc3ccc(-c4ccccn4)nc3)o1)CCC2. The Morgan fingerprint density at radius 1 is 1.17 bits per heavy atom. The summed E-state index contributed by atoms with van der Waals surface area (Å²) in [4.78, 5) is 9.98. The smallest absolute Gasteiger partial charge is 0.224 e. The van der Waals surface area contributed by atoms with E-state index in [-0.39, 0.29) is 5.92 Å². The molecule has 8 heteroatoms. The molecule has 0 saturated carbocycles. The van der Waals surface area contributed by atoms with Crippen molar-refractivity contribution in [3.8, 4) is 17.5 Å². The zero-order valence-corrected chi connectivity index (χ0v) is 16.9. The number of aromatic nitrogens is 4. The molecule has 1 unspecified atom stereocenters. The van der Waals surface area contributed by atoms with Crippen LogP contribution in [0.3, 0.4) is 0 Å². The molecule has 4 aromatic rings. The first kappa shape index (κ1) is 18.5. The minimum Gasteiger partial charge on any atom is -0.424 e. The van der Waals surface area contributed by atoms with E-state index < -0.39 is 0 Å². The topological polar surface area (TPSA) is 115 Å². The molecule has 30 heavy (non-hydrogen) atoms. The number of nitrogens with two attached hydrogens (primary N) is 1. The quantitative estimate of drug-likeness (QED) is 0.534. The van der Waals surface area contributed by atoms with Crippen LogP contribution < -0.4 is 5.73 Å². The number of aryl methyl sites for hydroxylation is 1. The molecule has 0 bridgehead atoms. The fourth-order valence-corrected chi connectivity index (χ4v) is 5.01. The van der Waals surface area contributed by atoms with Crippen LogP contribution >= 0.6 is 11.3 Å². The number of rotatable bonds is 4. The molecule has 0 spiro atoms. The summed E-state index contributed by atoms with van der Waals surface area (Å²) in [5.74, 6) is 1.02. The normalized spacial score (nSPS) is 15.5. The number of nitrogen functional groups attached to an aromatic ring is 1. The van der Waals surface area contributed by atoms with Crippen LogP contribution in [0.25, 0.3) is 11.4 Å². The first-order valence-corrected chi connectivity index (χ1v) is 10.5. The average molecular weight is 414 g/mol. The molecule has 2 N–H and O–H groups in total. The summed E-state index contributed by atoms with van der Waals surface area (Å²) in [5, 5.41) is 18.6. The lowest BCUT2D eigenvalue weighted by Gasteiger charge is -2.19. The van der Waals surface area contributed by atoms with Crippen molar-refractivity contribution in [1.29, 1.82) is 5.26 Å². The number of thiophene rings is 1. The van der Waals surface area contributed by atoms with Crippen molar-refractivity contribution in [3.05, 3.63) is 76.1 Å². The highest BCUT2D eigenvalue weighted by Crippen LogP contribution is 2.44. The summed E-state index contributed by atoms with van der Waals surface area (Å²) in [7, 11) is 0. The third kappa shape index (κ3) is 3.33. The molecule has 1 aliphatic rings. The van der Waals surface area contributed by atoms with Crippen molar-refractivity contribution in [2.24, 2.45) is 0 Å². The predicted octanol–water partition coefficient (Wildman–Crippen LogP) is 4.10. The fourth-order valence-electron chi connectivity index (χ4n) is 3.89. The van der Waals surface area contributed by atoms with E-state index in [9.17, 15) is 5.26 Å².